The van der Waals surface area contributed by atoms with E-state index in [1.807, 2.05) is 31.2 Å². The lowest BCUT2D eigenvalue weighted by molar-refractivity contribution is -0.141. The molecule has 0 radical (unpaired) electrons. The quantitative estimate of drug-likeness (QED) is 0.613. The lowest BCUT2D eigenvalue weighted by Crippen LogP contribution is -2.39. The van der Waals surface area contributed by atoms with E-state index in [1.165, 1.54) is 6.92 Å². The summed E-state index contributed by atoms with van der Waals surface area (Å²) >= 11 is 6.38. The van der Waals surface area contributed by atoms with Crippen LogP contribution in [0, 0.1) is 0 Å². The summed E-state index contributed by atoms with van der Waals surface area (Å²) in [5.74, 6) is 0.00323. The molecule has 1 unspecified atom stereocenters. The fourth-order valence-corrected chi connectivity index (χ4v) is 3.34. The zero-order valence-electron chi connectivity index (χ0n) is 15.9. The predicted molar refractivity (Wildman–Crippen MR) is 108 cm³/mol. The van der Waals surface area contributed by atoms with Crippen LogP contribution in [0.25, 0.3) is 0 Å². The van der Waals surface area contributed by atoms with Gasteiger partial charge in [0.25, 0.3) is 5.91 Å². The summed E-state index contributed by atoms with van der Waals surface area (Å²) in [5.41, 5.74) is 2.38. The highest BCUT2D eigenvalue weighted by Crippen LogP contribution is 2.29. The molecule has 1 aliphatic rings. The second-order valence-electron chi connectivity index (χ2n) is 6.66. The Hall–Kier alpha value is -2.57. The smallest absolute Gasteiger partial charge is 0.302 e. The van der Waals surface area contributed by atoms with Gasteiger partial charge in [0, 0.05) is 31.7 Å². The van der Waals surface area contributed by atoms with E-state index in [0.717, 1.165) is 11.3 Å². The van der Waals surface area contributed by atoms with Gasteiger partial charge in [-0.3, -0.25) is 9.59 Å². The molecule has 1 aliphatic heterocycles. The van der Waals surface area contributed by atoms with Crippen LogP contribution in [0.5, 0.6) is 5.75 Å². The summed E-state index contributed by atoms with van der Waals surface area (Å²) < 4.78 is 10.3. The third-order valence-corrected chi connectivity index (χ3v) is 4.77. The van der Waals surface area contributed by atoms with Gasteiger partial charge in [-0.1, -0.05) is 29.8 Å². The first-order valence-electron chi connectivity index (χ1n) is 9.14. The molecular weight excluding hydrogens is 380 g/mol. The van der Waals surface area contributed by atoms with Gasteiger partial charge in [-0.2, -0.15) is 0 Å². The van der Waals surface area contributed by atoms with Crippen LogP contribution >= 0.6 is 11.6 Å². The van der Waals surface area contributed by atoms with Gasteiger partial charge < -0.3 is 19.7 Å². The number of para-hydroxylation sites is 1. The van der Waals surface area contributed by atoms with Gasteiger partial charge in [-0.25, -0.2) is 0 Å². The topological polar surface area (TPSA) is 67.9 Å². The van der Waals surface area contributed by atoms with Crippen molar-refractivity contribution >= 4 is 29.2 Å². The average molecular weight is 403 g/mol. The minimum Gasteiger partial charge on any atom is -0.490 e. The van der Waals surface area contributed by atoms with Crippen LogP contribution in [0.1, 0.15) is 29.8 Å². The number of rotatable bonds is 5. The molecule has 6 nitrogen and oxygen atoms in total. The number of esters is 1. The van der Waals surface area contributed by atoms with Gasteiger partial charge in [0.05, 0.1) is 10.6 Å². The third kappa shape index (κ3) is 4.82. The fraction of sp³-hybridized carbons (Fsp3) is 0.333. The lowest BCUT2D eigenvalue weighted by atomic mass is 10.1. The molecule has 0 saturated carbocycles. The Labute approximate surface area is 169 Å². The molecule has 0 fully saturated rings. The molecule has 0 aromatic heterocycles. The van der Waals surface area contributed by atoms with Crippen LogP contribution in [-0.4, -0.2) is 37.7 Å². The maximum Gasteiger partial charge on any atom is 0.302 e. The van der Waals surface area contributed by atoms with Crippen molar-refractivity contribution in [3.63, 3.8) is 0 Å². The van der Waals surface area contributed by atoms with Crippen molar-refractivity contribution in [2.24, 2.45) is 0 Å². The molecule has 7 heteroatoms. The van der Waals surface area contributed by atoms with Crippen molar-refractivity contribution < 1.29 is 19.1 Å². The normalized spacial score (nSPS) is 16.1. The molecule has 2 aromatic carbocycles. The summed E-state index contributed by atoms with van der Waals surface area (Å²) in [7, 11) is 0. The van der Waals surface area contributed by atoms with Crippen molar-refractivity contribution in [1.82, 2.24) is 5.32 Å². The van der Waals surface area contributed by atoms with Crippen molar-refractivity contribution in [2.45, 2.75) is 26.4 Å². The minimum atomic E-state index is -0.357. The fourth-order valence-electron chi connectivity index (χ4n) is 3.09. The first-order valence-corrected chi connectivity index (χ1v) is 9.52. The Kier molecular flexibility index (Phi) is 6.54. The Bertz CT molecular complexity index is 871. The second-order valence-corrected chi connectivity index (χ2v) is 7.06. The van der Waals surface area contributed by atoms with E-state index < -0.39 is 0 Å². The summed E-state index contributed by atoms with van der Waals surface area (Å²) in [4.78, 5) is 25.8. The Morgan fingerprint density at radius 3 is 2.75 bits per heavy atom. The molecule has 1 atom stereocenters. The van der Waals surface area contributed by atoms with E-state index in [4.69, 9.17) is 21.1 Å². The van der Waals surface area contributed by atoms with Crippen molar-refractivity contribution in [3.8, 4) is 5.75 Å². The number of anilines is 1. The number of fused-ring (bicyclic) bond motifs is 1. The van der Waals surface area contributed by atoms with Gasteiger partial charge in [0.1, 0.15) is 19.0 Å². The largest absolute Gasteiger partial charge is 0.490 e. The number of hydrogen-bond acceptors (Lipinski definition) is 5. The number of ether oxygens (including phenoxy) is 2. The number of amides is 1. The van der Waals surface area contributed by atoms with E-state index >= 15 is 0 Å². The highest BCUT2D eigenvalue weighted by molar-refractivity contribution is 6.34. The maximum atomic E-state index is 13.2. The molecule has 1 amide bonds. The number of nitrogens with zero attached hydrogens (tertiary/aromatic N) is 1. The first kappa shape index (κ1) is 20.2. The maximum absolute atomic E-state index is 13.2. The van der Waals surface area contributed by atoms with Crippen LogP contribution < -0.4 is 15.0 Å². The van der Waals surface area contributed by atoms with Gasteiger partial charge >= 0.3 is 5.97 Å². The Morgan fingerprint density at radius 2 is 2.00 bits per heavy atom. The van der Waals surface area contributed by atoms with Crippen molar-refractivity contribution in [1.29, 1.82) is 0 Å². The van der Waals surface area contributed by atoms with Gasteiger partial charge in [-0.05, 0) is 36.8 Å². The van der Waals surface area contributed by atoms with Crippen LogP contribution in [0.3, 0.4) is 0 Å². The van der Waals surface area contributed by atoms with Crippen LogP contribution in [0.15, 0.2) is 42.5 Å². The molecule has 28 heavy (non-hydrogen) atoms. The average Bonchev–Trinajstić information content (AvgIpc) is 2.84. The molecule has 0 spiro atoms. The predicted octanol–water partition coefficient (Wildman–Crippen LogP) is 3.42. The van der Waals surface area contributed by atoms with E-state index in [0.29, 0.717) is 29.4 Å². The molecular formula is C21H23ClN2O4. The number of halogens is 1. The number of hydrogen-bond donors (Lipinski definition) is 1. The monoisotopic (exact) mass is 402 g/mol. The zero-order chi connectivity index (χ0) is 20.1. The van der Waals surface area contributed by atoms with E-state index in [2.05, 4.69) is 5.32 Å². The summed E-state index contributed by atoms with van der Waals surface area (Å²) in [6, 6.07) is 13.0. The molecule has 3 rings (SSSR count). The molecule has 1 N–H and O–H groups in total. The highest BCUT2D eigenvalue weighted by Gasteiger charge is 2.26. The second kappa shape index (κ2) is 9.08. The van der Waals surface area contributed by atoms with E-state index in [9.17, 15) is 9.59 Å². The van der Waals surface area contributed by atoms with E-state index in [-0.39, 0.29) is 31.1 Å². The van der Waals surface area contributed by atoms with Gasteiger partial charge in [-0.15, -0.1) is 0 Å². The summed E-state index contributed by atoms with van der Waals surface area (Å²) in [6.07, 6.45) is 0. The van der Waals surface area contributed by atoms with Gasteiger partial charge in [0.15, 0.2) is 0 Å². The highest BCUT2D eigenvalue weighted by atomic mass is 35.5. The number of carbonyl (C=O) groups excluding carboxylic acids is 2. The number of carbonyl (C=O) groups is 2. The van der Waals surface area contributed by atoms with Crippen LogP contribution in [0.2, 0.25) is 5.02 Å². The molecule has 148 valence electrons. The molecule has 0 aliphatic carbocycles. The molecule has 1 heterocycles. The summed E-state index contributed by atoms with van der Waals surface area (Å²) in [6.45, 7) is 5.02. The van der Waals surface area contributed by atoms with Crippen molar-refractivity contribution in [3.05, 3.63) is 58.6 Å². The molecule has 2 aromatic rings. The number of benzene rings is 2. The Balaban J connectivity index is 1.77. The standard InChI is InChI=1S/C21H23ClN2O4/c1-14-13-24(20-6-4-3-5-16(20)12-23-14)21(26)18-8-7-17(11-19(18)22)28-10-9-27-15(2)25/h3-8,11,14,23H,9-10,12-13H2,1-2H3. The van der Waals surface area contributed by atoms with Crippen molar-refractivity contribution in [2.75, 3.05) is 24.7 Å². The lowest BCUT2D eigenvalue weighted by Gasteiger charge is -2.25. The van der Waals surface area contributed by atoms with Gasteiger partial charge in [0.2, 0.25) is 0 Å². The van der Waals surface area contributed by atoms with E-state index in [1.54, 1.807) is 23.1 Å². The zero-order valence-corrected chi connectivity index (χ0v) is 16.7. The first-order chi connectivity index (χ1) is 13.5. The SMILES string of the molecule is CC(=O)OCCOc1ccc(C(=O)N2CC(C)NCc3ccccc32)c(Cl)c1. The molecule has 0 bridgehead atoms. The summed E-state index contributed by atoms with van der Waals surface area (Å²) in [5, 5.41) is 3.73. The number of nitrogens with one attached hydrogen (secondary N) is 1. The minimum absolute atomic E-state index is 0.152. The van der Waals surface area contributed by atoms with Crippen LogP contribution in [0.4, 0.5) is 5.69 Å². The molecule has 0 saturated heterocycles. The third-order valence-electron chi connectivity index (χ3n) is 4.45. The Morgan fingerprint density at radius 1 is 1.21 bits per heavy atom. The van der Waals surface area contributed by atoms with Crippen LogP contribution in [-0.2, 0) is 16.1 Å².